The molecule has 0 saturated carbocycles. The summed E-state index contributed by atoms with van der Waals surface area (Å²) in [5.41, 5.74) is 0.857. The van der Waals surface area contributed by atoms with E-state index in [4.69, 9.17) is 9.15 Å². The third-order valence-electron chi connectivity index (χ3n) is 3.25. The molecule has 1 saturated heterocycles. The summed E-state index contributed by atoms with van der Waals surface area (Å²) in [6.07, 6.45) is 2.12. The Kier molecular flexibility index (Phi) is 4.93. The van der Waals surface area contributed by atoms with Crippen LogP contribution in [0.1, 0.15) is 30.2 Å². The van der Waals surface area contributed by atoms with Gasteiger partial charge in [-0.05, 0) is 39.8 Å². The topological polar surface area (TPSA) is 76.4 Å². The molecule has 19 heavy (non-hydrogen) atoms. The van der Waals surface area contributed by atoms with Crippen LogP contribution in [0.2, 0.25) is 0 Å². The van der Waals surface area contributed by atoms with Crippen LogP contribution in [0.4, 0.5) is 0 Å². The van der Waals surface area contributed by atoms with E-state index in [1.54, 1.807) is 0 Å². The lowest BCUT2D eigenvalue weighted by atomic mass is 10.1. The van der Waals surface area contributed by atoms with Gasteiger partial charge < -0.3 is 19.8 Å². The fourth-order valence-electron chi connectivity index (χ4n) is 2.00. The molecule has 0 atom stereocenters. The normalized spacial score (nSPS) is 16.5. The van der Waals surface area contributed by atoms with Crippen molar-refractivity contribution in [2.75, 3.05) is 19.7 Å². The zero-order chi connectivity index (χ0) is 13.7. The van der Waals surface area contributed by atoms with Crippen LogP contribution in [0.5, 0.6) is 0 Å². The molecule has 2 heterocycles. The summed E-state index contributed by atoms with van der Waals surface area (Å²) in [5.74, 6) is 1.19. The van der Waals surface area contributed by atoms with Crippen LogP contribution in [0.15, 0.2) is 4.42 Å². The second-order valence-corrected chi connectivity index (χ2v) is 4.79. The number of carbonyl (C=O) groups excluding carboxylic acids is 1. The second-order valence-electron chi connectivity index (χ2n) is 4.79. The van der Waals surface area contributed by atoms with Crippen molar-refractivity contribution < 1.29 is 13.9 Å². The minimum atomic E-state index is -0.132. The number of piperidine rings is 1. The highest BCUT2D eigenvalue weighted by Gasteiger charge is 2.15. The van der Waals surface area contributed by atoms with Crippen molar-refractivity contribution >= 4 is 5.91 Å². The van der Waals surface area contributed by atoms with Crippen LogP contribution >= 0.6 is 0 Å². The molecule has 1 aromatic heterocycles. The SMILES string of the molecule is Cc1nc(CNC(=O)COC2CCNCC2)oc1C. The lowest BCUT2D eigenvalue weighted by Crippen LogP contribution is -2.35. The highest BCUT2D eigenvalue weighted by Crippen LogP contribution is 2.08. The molecule has 0 aliphatic carbocycles. The Balaban J connectivity index is 1.66. The predicted molar refractivity (Wildman–Crippen MR) is 69.7 cm³/mol. The number of aryl methyl sites for hydroxylation is 2. The van der Waals surface area contributed by atoms with Crippen LogP contribution in [-0.4, -0.2) is 36.7 Å². The molecule has 1 aliphatic heterocycles. The smallest absolute Gasteiger partial charge is 0.246 e. The number of hydrogen-bond acceptors (Lipinski definition) is 5. The molecule has 0 spiro atoms. The van der Waals surface area contributed by atoms with Gasteiger partial charge in [-0.1, -0.05) is 0 Å². The molecule has 1 aliphatic rings. The van der Waals surface area contributed by atoms with E-state index >= 15 is 0 Å². The Morgan fingerprint density at radius 2 is 2.21 bits per heavy atom. The van der Waals surface area contributed by atoms with Gasteiger partial charge in [-0.15, -0.1) is 0 Å². The molecule has 0 unspecified atom stereocenters. The van der Waals surface area contributed by atoms with E-state index in [0.29, 0.717) is 12.4 Å². The molecule has 6 nitrogen and oxygen atoms in total. The van der Waals surface area contributed by atoms with Gasteiger partial charge in [0, 0.05) is 0 Å². The lowest BCUT2D eigenvalue weighted by molar-refractivity contribution is -0.128. The van der Waals surface area contributed by atoms with Gasteiger partial charge in [-0.2, -0.15) is 0 Å². The third kappa shape index (κ3) is 4.33. The first-order valence-electron chi connectivity index (χ1n) is 6.67. The third-order valence-corrected chi connectivity index (χ3v) is 3.25. The molecule has 0 aromatic carbocycles. The fourth-order valence-corrected chi connectivity index (χ4v) is 2.00. The summed E-state index contributed by atoms with van der Waals surface area (Å²) < 4.78 is 10.9. The van der Waals surface area contributed by atoms with E-state index in [2.05, 4.69) is 15.6 Å². The lowest BCUT2D eigenvalue weighted by Gasteiger charge is -2.22. The maximum absolute atomic E-state index is 11.6. The van der Waals surface area contributed by atoms with Gasteiger partial charge in [0.1, 0.15) is 12.4 Å². The summed E-state index contributed by atoms with van der Waals surface area (Å²) in [5, 5.41) is 6.00. The Morgan fingerprint density at radius 1 is 1.47 bits per heavy atom. The standard InChI is InChI=1S/C13H21N3O3/c1-9-10(2)19-13(16-9)7-15-12(17)8-18-11-3-5-14-6-4-11/h11,14H,3-8H2,1-2H3,(H,15,17). The maximum Gasteiger partial charge on any atom is 0.246 e. The number of nitrogens with one attached hydrogen (secondary N) is 2. The van der Waals surface area contributed by atoms with Crippen molar-refractivity contribution in [1.82, 2.24) is 15.6 Å². The molecule has 1 aromatic rings. The van der Waals surface area contributed by atoms with Gasteiger partial charge in [0.2, 0.25) is 11.8 Å². The first-order chi connectivity index (χ1) is 9.15. The number of oxazole rings is 1. The first-order valence-corrected chi connectivity index (χ1v) is 6.67. The van der Waals surface area contributed by atoms with Gasteiger partial charge in [0.15, 0.2) is 0 Å². The Morgan fingerprint density at radius 3 is 2.84 bits per heavy atom. The van der Waals surface area contributed by atoms with Crippen molar-refractivity contribution in [3.8, 4) is 0 Å². The average molecular weight is 267 g/mol. The van der Waals surface area contributed by atoms with Crippen LogP contribution in [0.3, 0.4) is 0 Å². The Labute approximate surface area is 112 Å². The van der Waals surface area contributed by atoms with E-state index in [1.165, 1.54) is 0 Å². The minimum Gasteiger partial charge on any atom is -0.444 e. The number of carbonyl (C=O) groups is 1. The molecule has 6 heteroatoms. The van der Waals surface area contributed by atoms with Crippen LogP contribution in [-0.2, 0) is 16.1 Å². The van der Waals surface area contributed by atoms with Crippen molar-refractivity contribution in [2.24, 2.45) is 0 Å². The molecular weight excluding hydrogens is 246 g/mol. The van der Waals surface area contributed by atoms with Crippen LogP contribution in [0.25, 0.3) is 0 Å². The molecular formula is C13H21N3O3. The van der Waals surface area contributed by atoms with Gasteiger partial charge in [-0.3, -0.25) is 4.79 Å². The quantitative estimate of drug-likeness (QED) is 0.820. The number of hydrogen-bond donors (Lipinski definition) is 2. The Bertz CT molecular complexity index is 405. The van der Waals surface area contributed by atoms with E-state index in [-0.39, 0.29) is 18.6 Å². The van der Waals surface area contributed by atoms with E-state index in [0.717, 1.165) is 37.4 Å². The fraction of sp³-hybridized carbons (Fsp3) is 0.692. The van der Waals surface area contributed by atoms with Gasteiger partial charge in [0.05, 0.1) is 18.3 Å². The highest BCUT2D eigenvalue weighted by molar-refractivity contribution is 5.77. The molecule has 1 amide bonds. The van der Waals surface area contributed by atoms with E-state index < -0.39 is 0 Å². The molecule has 2 rings (SSSR count). The maximum atomic E-state index is 11.6. The predicted octanol–water partition coefficient (Wildman–Crippen LogP) is 0.676. The van der Waals surface area contributed by atoms with E-state index in [1.807, 2.05) is 13.8 Å². The summed E-state index contributed by atoms with van der Waals surface area (Å²) >= 11 is 0. The van der Waals surface area contributed by atoms with Gasteiger partial charge in [-0.25, -0.2) is 4.98 Å². The van der Waals surface area contributed by atoms with Crippen molar-refractivity contribution in [2.45, 2.75) is 39.3 Å². The summed E-state index contributed by atoms with van der Waals surface area (Å²) in [6, 6.07) is 0. The number of ether oxygens (including phenoxy) is 1. The van der Waals surface area contributed by atoms with Crippen molar-refractivity contribution in [3.63, 3.8) is 0 Å². The molecule has 2 N–H and O–H groups in total. The minimum absolute atomic E-state index is 0.101. The second kappa shape index (κ2) is 6.68. The monoisotopic (exact) mass is 267 g/mol. The molecule has 0 bridgehead atoms. The van der Waals surface area contributed by atoms with E-state index in [9.17, 15) is 4.79 Å². The number of nitrogens with zero attached hydrogens (tertiary/aromatic N) is 1. The molecule has 0 radical (unpaired) electrons. The number of aromatic nitrogens is 1. The first kappa shape index (κ1) is 14.0. The average Bonchev–Trinajstić information content (AvgIpc) is 2.74. The Hall–Kier alpha value is -1.40. The van der Waals surface area contributed by atoms with Crippen molar-refractivity contribution in [1.29, 1.82) is 0 Å². The largest absolute Gasteiger partial charge is 0.444 e. The van der Waals surface area contributed by atoms with Gasteiger partial charge in [0.25, 0.3) is 0 Å². The molecule has 1 fully saturated rings. The van der Waals surface area contributed by atoms with Gasteiger partial charge >= 0.3 is 0 Å². The zero-order valence-corrected chi connectivity index (χ0v) is 11.5. The summed E-state index contributed by atoms with van der Waals surface area (Å²) in [7, 11) is 0. The highest BCUT2D eigenvalue weighted by atomic mass is 16.5. The van der Waals surface area contributed by atoms with Crippen LogP contribution < -0.4 is 10.6 Å². The summed E-state index contributed by atoms with van der Waals surface area (Å²) in [6.45, 7) is 6.06. The zero-order valence-electron chi connectivity index (χ0n) is 11.5. The number of amides is 1. The van der Waals surface area contributed by atoms with Crippen molar-refractivity contribution in [3.05, 3.63) is 17.3 Å². The van der Waals surface area contributed by atoms with Crippen LogP contribution in [0, 0.1) is 13.8 Å². The summed E-state index contributed by atoms with van der Waals surface area (Å²) in [4.78, 5) is 15.8. The molecule has 106 valence electrons. The number of rotatable bonds is 5.